The van der Waals surface area contributed by atoms with Crippen molar-refractivity contribution in [2.24, 2.45) is 0 Å². The number of aliphatic hydroxyl groups is 2. The lowest BCUT2D eigenvalue weighted by molar-refractivity contribution is 0.0864. The molecular formula is C21H27F3N2O3S. The van der Waals surface area contributed by atoms with E-state index < -0.39 is 24.4 Å². The van der Waals surface area contributed by atoms with E-state index in [2.05, 4.69) is 16.6 Å². The first-order valence-corrected chi connectivity index (χ1v) is 10.2. The fourth-order valence-corrected chi connectivity index (χ4v) is 3.94. The van der Waals surface area contributed by atoms with E-state index in [0.717, 1.165) is 12.8 Å². The van der Waals surface area contributed by atoms with Crippen LogP contribution >= 0.6 is 11.9 Å². The maximum atomic E-state index is 14.5. The highest BCUT2D eigenvalue weighted by Gasteiger charge is 2.45. The predicted octanol–water partition coefficient (Wildman–Crippen LogP) is 4.25. The van der Waals surface area contributed by atoms with E-state index in [9.17, 15) is 18.3 Å². The topological polar surface area (TPSA) is 73.8 Å². The van der Waals surface area contributed by atoms with Crippen molar-refractivity contribution in [3.8, 4) is 0 Å². The molecule has 0 aromatic heterocycles. The van der Waals surface area contributed by atoms with Gasteiger partial charge < -0.3 is 25.0 Å². The molecule has 0 saturated heterocycles. The molecule has 5 nitrogen and oxygen atoms in total. The zero-order valence-corrected chi connectivity index (χ0v) is 17.8. The van der Waals surface area contributed by atoms with Crippen LogP contribution in [0.25, 0.3) is 0 Å². The Kier molecular flexibility index (Phi) is 8.69. The minimum atomic E-state index is -1.41. The Morgan fingerprint density at radius 3 is 2.60 bits per heavy atom. The summed E-state index contributed by atoms with van der Waals surface area (Å²) < 4.78 is 50.0. The number of halogens is 3. The summed E-state index contributed by atoms with van der Waals surface area (Å²) in [5, 5.41) is 21.5. The van der Waals surface area contributed by atoms with Crippen molar-refractivity contribution < 1.29 is 28.1 Å². The molecule has 1 aromatic carbocycles. The largest absolute Gasteiger partial charge is 0.494 e. The molecule has 0 aliphatic heterocycles. The lowest BCUT2D eigenvalue weighted by Crippen LogP contribution is -2.25. The Bertz CT molecular complexity index is 826. The average molecular weight is 445 g/mol. The number of alkyl halides is 1. The first-order valence-electron chi connectivity index (χ1n) is 9.41. The number of methoxy groups -OCH3 is 1. The van der Waals surface area contributed by atoms with Gasteiger partial charge in [-0.2, -0.15) is 0 Å². The van der Waals surface area contributed by atoms with Crippen LogP contribution < -0.4 is 10.0 Å². The molecule has 1 aromatic rings. The molecule has 0 heterocycles. The highest BCUT2D eigenvalue weighted by atomic mass is 32.2. The van der Waals surface area contributed by atoms with Gasteiger partial charge in [-0.1, -0.05) is 12.6 Å². The van der Waals surface area contributed by atoms with Crippen molar-refractivity contribution in [1.82, 2.24) is 4.72 Å². The summed E-state index contributed by atoms with van der Waals surface area (Å²) in [6, 6.07) is 4.35. The summed E-state index contributed by atoms with van der Waals surface area (Å²) in [6.07, 6.45) is 2.32. The zero-order valence-electron chi connectivity index (χ0n) is 17.0. The van der Waals surface area contributed by atoms with Crippen molar-refractivity contribution in [3.63, 3.8) is 0 Å². The molecule has 4 N–H and O–H groups in total. The number of benzene rings is 1. The Morgan fingerprint density at radius 2 is 2.10 bits per heavy atom. The van der Waals surface area contributed by atoms with Crippen LogP contribution in [0.2, 0.25) is 0 Å². The zero-order chi connectivity index (χ0) is 22.3. The molecule has 1 fully saturated rings. The summed E-state index contributed by atoms with van der Waals surface area (Å²) in [7, 11) is 1.35. The number of ether oxygens (including phenoxy) is 1. The van der Waals surface area contributed by atoms with Crippen LogP contribution in [-0.2, 0) is 4.74 Å². The van der Waals surface area contributed by atoms with Crippen LogP contribution in [0.4, 0.5) is 18.9 Å². The number of hydrogen-bond acceptors (Lipinski definition) is 6. The number of rotatable bonds is 12. The van der Waals surface area contributed by atoms with Gasteiger partial charge in [0.05, 0.1) is 25.5 Å². The third-order valence-electron chi connectivity index (χ3n) is 4.67. The smallest absolute Gasteiger partial charge is 0.157 e. The Hall–Kier alpha value is -2.10. The quantitative estimate of drug-likeness (QED) is 0.219. The van der Waals surface area contributed by atoms with E-state index in [4.69, 9.17) is 9.84 Å². The molecular weight excluding hydrogens is 417 g/mol. The van der Waals surface area contributed by atoms with Gasteiger partial charge in [0.2, 0.25) is 0 Å². The molecule has 1 saturated carbocycles. The second-order valence-electron chi connectivity index (χ2n) is 7.10. The van der Waals surface area contributed by atoms with E-state index in [0.29, 0.717) is 12.0 Å². The lowest BCUT2D eigenvalue weighted by Gasteiger charge is -2.23. The molecule has 30 heavy (non-hydrogen) atoms. The fraction of sp³-hybridized carbons (Fsp3) is 0.429. The summed E-state index contributed by atoms with van der Waals surface area (Å²) in [4.78, 5) is 0. The number of aryl methyl sites for hydroxylation is 1. The maximum Gasteiger partial charge on any atom is 0.157 e. The molecule has 1 aliphatic carbocycles. The standard InChI is InChI=1S/C21H27F3N2O3S/c1-4-18(29-3)20(26-30-21(7-8-21)10-14(28)12-27)19(16(24)11-22)25-17-6-5-13(2)9-15(17)23/h4-6,9,14,25-28H,1,7-8,10-12H2,2-3H3/b19-16-,20-18-. The van der Waals surface area contributed by atoms with Crippen LogP contribution in [0.5, 0.6) is 0 Å². The second kappa shape index (κ2) is 10.8. The Balaban J connectivity index is 2.36. The highest BCUT2D eigenvalue weighted by molar-refractivity contribution is 7.99. The van der Waals surface area contributed by atoms with Gasteiger partial charge in [-0.25, -0.2) is 13.2 Å². The Morgan fingerprint density at radius 1 is 1.40 bits per heavy atom. The van der Waals surface area contributed by atoms with Crippen molar-refractivity contribution >= 4 is 17.6 Å². The normalized spacial score (nSPS) is 17.4. The van der Waals surface area contributed by atoms with Crippen LogP contribution in [0, 0.1) is 12.7 Å². The van der Waals surface area contributed by atoms with Crippen molar-refractivity contribution in [3.05, 3.63) is 65.2 Å². The number of hydrogen-bond donors (Lipinski definition) is 4. The molecule has 2 rings (SSSR count). The molecule has 166 valence electrons. The van der Waals surface area contributed by atoms with Crippen LogP contribution in [-0.4, -0.2) is 41.5 Å². The fourth-order valence-electron chi connectivity index (χ4n) is 2.84. The van der Waals surface area contributed by atoms with Gasteiger partial charge in [-0.05, 0) is 61.9 Å². The summed E-state index contributed by atoms with van der Waals surface area (Å²) >= 11 is 1.21. The summed E-state index contributed by atoms with van der Waals surface area (Å²) in [6.45, 7) is 3.57. The summed E-state index contributed by atoms with van der Waals surface area (Å²) in [5.41, 5.74) is 0.390. The summed E-state index contributed by atoms with van der Waals surface area (Å²) in [5.74, 6) is -1.64. The highest BCUT2D eigenvalue weighted by Crippen LogP contribution is 2.51. The lowest BCUT2D eigenvalue weighted by atomic mass is 10.2. The van der Waals surface area contributed by atoms with E-state index in [-0.39, 0.29) is 34.2 Å². The first kappa shape index (κ1) is 24.2. The van der Waals surface area contributed by atoms with Gasteiger partial charge in [-0.3, -0.25) is 0 Å². The van der Waals surface area contributed by atoms with Crippen LogP contribution in [0.3, 0.4) is 0 Å². The predicted molar refractivity (Wildman–Crippen MR) is 114 cm³/mol. The molecule has 1 atom stereocenters. The van der Waals surface area contributed by atoms with E-state index in [1.807, 2.05) is 0 Å². The molecule has 0 spiro atoms. The monoisotopic (exact) mass is 444 g/mol. The molecule has 0 amide bonds. The minimum absolute atomic E-state index is 0.0279. The third-order valence-corrected chi connectivity index (χ3v) is 5.98. The number of allylic oxidation sites excluding steroid dienone is 2. The average Bonchev–Trinajstić information content (AvgIpc) is 3.49. The Labute approximate surface area is 178 Å². The number of aliphatic hydroxyl groups excluding tert-OH is 2. The van der Waals surface area contributed by atoms with Gasteiger partial charge >= 0.3 is 0 Å². The van der Waals surface area contributed by atoms with E-state index >= 15 is 0 Å². The number of nitrogens with one attached hydrogen (secondary N) is 2. The minimum Gasteiger partial charge on any atom is -0.494 e. The van der Waals surface area contributed by atoms with E-state index in [1.54, 1.807) is 13.0 Å². The SMILES string of the molecule is C=C/C(OC)=C(NSC1(CC(O)CO)CC1)\C(Nc1ccc(C)cc1F)=C(\F)CF. The van der Waals surface area contributed by atoms with Gasteiger partial charge in [0.1, 0.15) is 29.6 Å². The molecule has 0 radical (unpaired) electrons. The molecule has 1 aliphatic rings. The van der Waals surface area contributed by atoms with Gasteiger partial charge in [-0.15, -0.1) is 0 Å². The number of anilines is 1. The third kappa shape index (κ3) is 6.20. The second-order valence-corrected chi connectivity index (χ2v) is 8.37. The van der Waals surface area contributed by atoms with Gasteiger partial charge in [0.15, 0.2) is 5.83 Å². The van der Waals surface area contributed by atoms with Crippen molar-refractivity contribution in [2.45, 2.75) is 37.0 Å². The molecule has 1 unspecified atom stereocenters. The van der Waals surface area contributed by atoms with Gasteiger partial charge in [0.25, 0.3) is 0 Å². The molecule has 0 bridgehead atoms. The van der Waals surface area contributed by atoms with E-state index in [1.165, 1.54) is 37.3 Å². The maximum absolute atomic E-state index is 14.5. The van der Waals surface area contributed by atoms with Crippen molar-refractivity contribution in [2.75, 3.05) is 25.7 Å². The first-order chi connectivity index (χ1) is 14.3. The molecule has 9 heteroatoms. The van der Waals surface area contributed by atoms with Crippen LogP contribution in [0.15, 0.2) is 53.8 Å². The van der Waals surface area contributed by atoms with Gasteiger partial charge in [0, 0.05) is 4.75 Å². The van der Waals surface area contributed by atoms with Crippen molar-refractivity contribution in [1.29, 1.82) is 0 Å². The van der Waals surface area contributed by atoms with Crippen LogP contribution in [0.1, 0.15) is 24.8 Å².